The topological polar surface area (TPSA) is 45.7 Å². The van der Waals surface area contributed by atoms with Crippen LogP contribution < -0.4 is 10.6 Å². The van der Waals surface area contributed by atoms with E-state index in [9.17, 15) is 0 Å². The van der Waals surface area contributed by atoms with Gasteiger partial charge in [-0.05, 0) is 24.5 Å². The normalized spacial score (nSPS) is 11.4. The van der Waals surface area contributed by atoms with Crippen molar-refractivity contribution in [3.8, 4) is 0 Å². The smallest absolute Gasteiger partial charge is 0.191 e. The molecule has 0 aromatic heterocycles. The van der Waals surface area contributed by atoms with E-state index in [2.05, 4.69) is 53.7 Å². The fourth-order valence-corrected chi connectivity index (χ4v) is 1.88. The number of aliphatic imine (C=N–C) groups is 1. The lowest BCUT2D eigenvalue weighted by Crippen LogP contribution is -2.37. The van der Waals surface area contributed by atoms with Crippen molar-refractivity contribution in [3.05, 3.63) is 35.4 Å². The first-order chi connectivity index (χ1) is 9.80. The van der Waals surface area contributed by atoms with Crippen LogP contribution in [0.15, 0.2) is 29.3 Å². The van der Waals surface area contributed by atoms with Crippen molar-refractivity contribution >= 4 is 5.96 Å². The number of hydrogen-bond acceptors (Lipinski definition) is 2. The summed E-state index contributed by atoms with van der Waals surface area (Å²) in [6.07, 6.45) is 2.35. The third kappa shape index (κ3) is 6.57. The molecule has 20 heavy (non-hydrogen) atoms. The van der Waals surface area contributed by atoms with Crippen LogP contribution in [0.1, 0.15) is 37.8 Å². The van der Waals surface area contributed by atoms with Gasteiger partial charge in [0.1, 0.15) is 0 Å². The molecule has 0 heterocycles. The predicted molar refractivity (Wildman–Crippen MR) is 84.9 cm³/mol. The lowest BCUT2D eigenvalue weighted by atomic mass is 10.1. The molecular formula is C16H27N3O. The molecule has 4 nitrogen and oxygen atoms in total. The van der Waals surface area contributed by atoms with E-state index in [1.54, 1.807) is 7.11 Å². The SMILES string of the molecule is CCCCNC(=NCc1cccc(COC)c1)NCC. The fraction of sp³-hybridized carbons (Fsp3) is 0.562. The molecular weight excluding hydrogens is 250 g/mol. The van der Waals surface area contributed by atoms with E-state index in [1.165, 1.54) is 17.5 Å². The Hall–Kier alpha value is -1.55. The zero-order chi connectivity index (χ0) is 14.6. The van der Waals surface area contributed by atoms with Gasteiger partial charge in [-0.15, -0.1) is 0 Å². The second kappa shape index (κ2) is 10.3. The van der Waals surface area contributed by atoms with Crippen LogP contribution in [-0.2, 0) is 17.9 Å². The van der Waals surface area contributed by atoms with Gasteiger partial charge in [-0.25, -0.2) is 4.99 Å². The third-order valence-electron chi connectivity index (χ3n) is 2.89. The predicted octanol–water partition coefficient (Wildman–Crippen LogP) is 2.69. The Morgan fingerprint density at radius 2 is 2.00 bits per heavy atom. The van der Waals surface area contributed by atoms with Gasteiger partial charge in [0.15, 0.2) is 5.96 Å². The molecule has 0 fully saturated rings. The Morgan fingerprint density at radius 3 is 2.70 bits per heavy atom. The minimum atomic E-state index is 0.645. The molecule has 0 bridgehead atoms. The van der Waals surface area contributed by atoms with Crippen molar-refractivity contribution in [1.82, 2.24) is 10.6 Å². The van der Waals surface area contributed by atoms with Crippen LogP contribution >= 0.6 is 0 Å². The second-order valence-electron chi connectivity index (χ2n) is 4.73. The lowest BCUT2D eigenvalue weighted by molar-refractivity contribution is 0.185. The van der Waals surface area contributed by atoms with Gasteiger partial charge in [0.25, 0.3) is 0 Å². The number of hydrogen-bond donors (Lipinski definition) is 2. The Morgan fingerprint density at radius 1 is 1.20 bits per heavy atom. The number of unbranched alkanes of at least 4 members (excludes halogenated alkanes) is 1. The molecule has 4 heteroatoms. The van der Waals surface area contributed by atoms with Gasteiger partial charge in [-0.3, -0.25) is 0 Å². The van der Waals surface area contributed by atoms with Gasteiger partial charge in [-0.2, -0.15) is 0 Å². The number of ether oxygens (including phenoxy) is 1. The number of nitrogens with zero attached hydrogens (tertiary/aromatic N) is 1. The maximum absolute atomic E-state index is 5.15. The van der Waals surface area contributed by atoms with Crippen LogP contribution in [0.5, 0.6) is 0 Å². The van der Waals surface area contributed by atoms with E-state index in [-0.39, 0.29) is 0 Å². The zero-order valence-electron chi connectivity index (χ0n) is 12.9. The van der Waals surface area contributed by atoms with Crippen LogP contribution in [0.2, 0.25) is 0 Å². The first kappa shape index (κ1) is 16.5. The molecule has 112 valence electrons. The van der Waals surface area contributed by atoms with Crippen molar-refractivity contribution in [2.75, 3.05) is 20.2 Å². The van der Waals surface area contributed by atoms with Gasteiger partial charge >= 0.3 is 0 Å². The number of nitrogens with one attached hydrogen (secondary N) is 2. The van der Waals surface area contributed by atoms with Crippen LogP contribution in [0, 0.1) is 0 Å². The average molecular weight is 277 g/mol. The van der Waals surface area contributed by atoms with Crippen molar-refractivity contribution < 1.29 is 4.74 Å². The lowest BCUT2D eigenvalue weighted by Gasteiger charge is -2.11. The third-order valence-corrected chi connectivity index (χ3v) is 2.89. The van der Waals surface area contributed by atoms with Crippen LogP contribution in [-0.4, -0.2) is 26.2 Å². The number of guanidine groups is 1. The summed E-state index contributed by atoms with van der Waals surface area (Å²) in [6.45, 7) is 7.43. The molecule has 1 aromatic carbocycles. The molecule has 0 unspecified atom stereocenters. The molecule has 1 aromatic rings. The highest BCUT2D eigenvalue weighted by molar-refractivity contribution is 5.79. The van der Waals surface area contributed by atoms with E-state index >= 15 is 0 Å². The molecule has 1 rings (SSSR count). The summed E-state index contributed by atoms with van der Waals surface area (Å²) in [4.78, 5) is 4.61. The van der Waals surface area contributed by atoms with E-state index in [4.69, 9.17) is 4.74 Å². The molecule has 0 aliphatic carbocycles. The minimum absolute atomic E-state index is 0.645. The monoisotopic (exact) mass is 277 g/mol. The first-order valence-electron chi connectivity index (χ1n) is 7.39. The van der Waals surface area contributed by atoms with Crippen molar-refractivity contribution in [2.24, 2.45) is 4.99 Å². The Balaban J connectivity index is 2.58. The standard InChI is InChI=1S/C16H27N3O/c1-4-6-10-18-16(17-5-2)19-12-14-8-7-9-15(11-14)13-20-3/h7-9,11H,4-6,10,12-13H2,1-3H3,(H2,17,18,19). The summed E-state index contributed by atoms with van der Waals surface area (Å²) < 4.78 is 5.15. The summed E-state index contributed by atoms with van der Waals surface area (Å²) in [5.74, 6) is 0.887. The van der Waals surface area contributed by atoms with Crippen molar-refractivity contribution in [1.29, 1.82) is 0 Å². The molecule has 0 atom stereocenters. The maximum atomic E-state index is 5.15. The zero-order valence-corrected chi connectivity index (χ0v) is 12.9. The largest absolute Gasteiger partial charge is 0.380 e. The van der Waals surface area contributed by atoms with E-state index in [0.717, 1.165) is 25.5 Å². The molecule has 0 amide bonds. The second-order valence-corrected chi connectivity index (χ2v) is 4.73. The summed E-state index contributed by atoms with van der Waals surface area (Å²) in [5.41, 5.74) is 2.39. The number of benzene rings is 1. The Kier molecular flexibility index (Phi) is 8.47. The Labute approximate surface area is 122 Å². The van der Waals surface area contributed by atoms with Crippen LogP contribution in [0.25, 0.3) is 0 Å². The quantitative estimate of drug-likeness (QED) is 0.436. The Bertz CT molecular complexity index is 404. The molecule has 0 aliphatic rings. The van der Waals surface area contributed by atoms with E-state index in [1.807, 2.05) is 0 Å². The maximum Gasteiger partial charge on any atom is 0.191 e. The minimum Gasteiger partial charge on any atom is -0.380 e. The van der Waals surface area contributed by atoms with Gasteiger partial charge in [0, 0.05) is 20.2 Å². The van der Waals surface area contributed by atoms with E-state index in [0.29, 0.717) is 13.2 Å². The molecule has 0 radical (unpaired) electrons. The van der Waals surface area contributed by atoms with Crippen molar-refractivity contribution in [2.45, 2.75) is 39.8 Å². The highest BCUT2D eigenvalue weighted by Crippen LogP contribution is 2.07. The molecule has 2 N–H and O–H groups in total. The van der Waals surface area contributed by atoms with E-state index < -0.39 is 0 Å². The highest BCUT2D eigenvalue weighted by Gasteiger charge is 1.98. The summed E-state index contributed by atoms with van der Waals surface area (Å²) in [5, 5.41) is 6.61. The van der Waals surface area contributed by atoms with Gasteiger partial charge < -0.3 is 15.4 Å². The first-order valence-corrected chi connectivity index (χ1v) is 7.39. The highest BCUT2D eigenvalue weighted by atomic mass is 16.5. The number of methoxy groups -OCH3 is 1. The van der Waals surface area contributed by atoms with Crippen LogP contribution in [0.4, 0.5) is 0 Å². The summed E-state index contributed by atoms with van der Waals surface area (Å²) in [7, 11) is 1.71. The van der Waals surface area contributed by atoms with Crippen LogP contribution in [0.3, 0.4) is 0 Å². The number of rotatable bonds is 8. The summed E-state index contributed by atoms with van der Waals surface area (Å²) >= 11 is 0. The van der Waals surface area contributed by atoms with Crippen molar-refractivity contribution in [3.63, 3.8) is 0 Å². The molecule has 0 saturated heterocycles. The fourth-order valence-electron chi connectivity index (χ4n) is 1.88. The van der Waals surface area contributed by atoms with Gasteiger partial charge in [0.05, 0.1) is 13.2 Å². The van der Waals surface area contributed by atoms with Gasteiger partial charge in [-0.1, -0.05) is 37.6 Å². The molecule has 0 spiro atoms. The van der Waals surface area contributed by atoms with Gasteiger partial charge in [0.2, 0.25) is 0 Å². The summed E-state index contributed by atoms with van der Waals surface area (Å²) in [6, 6.07) is 8.36. The molecule has 0 aliphatic heterocycles. The molecule has 0 saturated carbocycles. The average Bonchev–Trinajstić information content (AvgIpc) is 2.46.